The SMILES string of the molecule is CCCCN(CCCC)C(=O)c1cn(Cc2ccccc2)c(-c2ccc(C(=O)OC)cc2C(=O)O)n1. The second-order valence-corrected chi connectivity index (χ2v) is 8.62. The van der Waals surface area contributed by atoms with Gasteiger partial charge in [-0.05, 0) is 36.6 Å². The minimum Gasteiger partial charge on any atom is -0.478 e. The van der Waals surface area contributed by atoms with Crippen LogP contribution in [0.15, 0.2) is 54.7 Å². The van der Waals surface area contributed by atoms with E-state index < -0.39 is 11.9 Å². The summed E-state index contributed by atoms with van der Waals surface area (Å²) in [5.74, 6) is -1.66. The highest BCUT2D eigenvalue weighted by molar-refractivity contribution is 6.00. The first-order chi connectivity index (χ1) is 17.4. The van der Waals surface area contributed by atoms with Crippen LogP contribution in [0.2, 0.25) is 0 Å². The fourth-order valence-electron chi connectivity index (χ4n) is 3.97. The molecule has 0 aliphatic carbocycles. The number of aromatic carboxylic acids is 1. The van der Waals surface area contributed by atoms with Gasteiger partial charge in [0.05, 0.1) is 18.2 Å². The average molecular weight is 492 g/mol. The number of nitrogens with zero attached hydrogens (tertiary/aromatic N) is 3. The zero-order chi connectivity index (χ0) is 26.1. The van der Waals surface area contributed by atoms with Crippen LogP contribution in [0.25, 0.3) is 11.4 Å². The van der Waals surface area contributed by atoms with Crippen LogP contribution in [0, 0.1) is 0 Å². The van der Waals surface area contributed by atoms with E-state index in [4.69, 9.17) is 4.74 Å². The molecule has 1 N–H and O–H groups in total. The molecule has 0 spiro atoms. The molecule has 0 saturated heterocycles. The van der Waals surface area contributed by atoms with Gasteiger partial charge >= 0.3 is 11.9 Å². The maximum atomic E-state index is 13.5. The van der Waals surface area contributed by atoms with Crippen LogP contribution >= 0.6 is 0 Å². The highest BCUT2D eigenvalue weighted by Gasteiger charge is 2.24. The number of benzene rings is 2. The lowest BCUT2D eigenvalue weighted by molar-refractivity contribution is 0.0600. The number of rotatable bonds is 12. The van der Waals surface area contributed by atoms with Gasteiger partial charge in [-0.15, -0.1) is 0 Å². The highest BCUT2D eigenvalue weighted by atomic mass is 16.5. The van der Waals surface area contributed by atoms with Gasteiger partial charge in [0.1, 0.15) is 11.5 Å². The number of amides is 1. The van der Waals surface area contributed by atoms with Crippen molar-refractivity contribution in [3.8, 4) is 11.4 Å². The molecule has 1 amide bonds. The number of hydrogen-bond donors (Lipinski definition) is 1. The molecule has 0 saturated carbocycles. The van der Waals surface area contributed by atoms with Gasteiger partial charge in [0.2, 0.25) is 0 Å². The van der Waals surface area contributed by atoms with Gasteiger partial charge in [0, 0.05) is 31.4 Å². The Labute approximate surface area is 211 Å². The summed E-state index contributed by atoms with van der Waals surface area (Å²) in [7, 11) is 1.24. The molecule has 0 radical (unpaired) electrons. The summed E-state index contributed by atoms with van der Waals surface area (Å²) in [5, 5.41) is 9.92. The van der Waals surface area contributed by atoms with Crippen molar-refractivity contribution in [3.05, 3.63) is 77.1 Å². The predicted octanol–water partition coefficient (Wildman–Crippen LogP) is 5.13. The van der Waals surface area contributed by atoms with Crippen molar-refractivity contribution in [2.45, 2.75) is 46.1 Å². The minimum atomic E-state index is -1.20. The standard InChI is InChI=1S/C28H33N3O5/c1-4-6-15-30(16-7-5-2)26(32)24-19-31(18-20-11-9-8-10-12-20)25(29-24)22-14-13-21(28(35)36-3)17-23(22)27(33)34/h8-14,17,19H,4-7,15-16,18H2,1-3H3,(H,33,34). The maximum Gasteiger partial charge on any atom is 0.337 e. The Morgan fingerprint density at radius 3 is 2.25 bits per heavy atom. The number of unbranched alkanes of at least 4 members (excludes halogenated alkanes) is 2. The van der Waals surface area contributed by atoms with E-state index in [1.54, 1.807) is 16.8 Å². The first-order valence-corrected chi connectivity index (χ1v) is 12.3. The molecule has 0 atom stereocenters. The average Bonchev–Trinajstić information content (AvgIpc) is 3.31. The number of methoxy groups -OCH3 is 1. The molecule has 3 rings (SSSR count). The maximum absolute atomic E-state index is 13.5. The summed E-state index contributed by atoms with van der Waals surface area (Å²) in [4.78, 5) is 44.1. The van der Waals surface area contributed by atoms with Crippen LogP contribution in [-0.2, 0) is 11.3 Å². The van der Waals surface area contributed by atoms with E-state index in [0.29, 0.717) is 31.0 Å². The minimum absolute atomic E-state index is 0.0920. The molecule has 0 bridgehead atoms. The van der Waals surface area contributed by atoms with Crippen LogP contribution in [0.3, 0.4) is 0 Å². The Morgan fingerprint density at radius 2 is 1.67 bits per heavy atom. The van der Waals surface area contributed by atoms with Crippen LogP contribution in [0.4, 0.5) is 0 Å². The zero-order valence-electron chi connectivity index (χ0n) is 21.1. The van der Waals surface area contributed by atoms with Crippen LogP contribution < -0.4 is 0 Å². The Hall–Kier alpha value is -3.94. The lowest BCUT2D eigenvalue weighted by Crippen LogP contribution is -2.33. The molecular weight excluding hydrogens is 458 g/mol. The number of aromatic nitrogens is 2. The van der Waals surface area contributed by atoms with E-state index in [0.717, 1.165) is 31.2 Å². The molecule has 1 aromatic heterocycles. The van der Waals surface area contributed by atoms with Crippen LogP contribution in [0.5, 0.6) is 0 Å². The number of ether oxygens (including phenoxy) is 1. The first-order valence-electron chi connectivity index (χ1n) is 12.3. The third-order valence-corrected chi connectivity index (χ3v) is 5.95. The quantitative estimate of drug-likeness (QED) is 0.353. The third kappa shape index (κ3) is 6.38. The van der Waals surface area contributed by atoms with Crippen molar-refractivity contribution in [1.82, 2.24) is 14.5 Å². The summed E-state index contributed by atoms with van der Waals surface area (Å²) in [6.07, 6.45) is 5.42. The number of carboxylic acid groups (broad SMARTS) is 1. The van der Waals surface area contributed by atoms with Gasteiger partial charge in [0.15, 0.2) is 0 Å². The summed E-state index contributed by atoms with van der Waals surface area (Å²) in [5.41, 5.74) is 1.60. The van der Waals surface area contributed by atoms with Crippen molar-refractivity contribution in [2.75, 3.05) is 20.2 Å². The molecule has 36 heavy (non-hydrogen) atoms. The van der Waals surface area contributed by atoms with E-state index in [1.165, 1.54) is 19.2 Å². The molecule has 0 fully saturated rings. The van der Waals surface area contributed by atoms with Crippen LogP contribution in [-0.4, -0.2) is 57.6 Å². The smallest absolute Gasteiger partial charge is 0.337 e. The Bertz CT molecular complexity index is 1200. The van der Waals surface area contributed by atoms with Crippen molar-refractivity contribution in [1.29, 1.82) is 0 Å². The van der Waals surface area contributed by atoms with E-state index >= 15 is 0 Å². The fourth-order valence-corrected chi connectivity index (χ4v) is 3.97. The molecule has 190 valence electrons. The molecule has 2 aromatic carbocycles. The van der Waals surface area contributed by atoms with Gasteiger partial charge in [-0.3, -0.25) is 4.79 Å². The second-order valence-electron chi connectivity index (χ2n) is 8.62. The number of imidazole rings is 1. The van der Waals surface area contributed by atoms with Gasteiger partial charge in [0.25, 0.3) is 5.91 Å². The van der Waals surface area contributed by atoms with Crippen molar-refractivity contribution in [3.63, 3.8) is 0 Å². The molecule has 0 aliphatic heterocycles. The van der Waals surface area contributed by atoms with E-state index in [1.807, 2.05) is 35.2 Å². The molecule has 8 nitrogen and oxygen atoms in total. The monoisotopic (exact) mass is 491 g/mol. The second kappa shape index (κ2) is 12.7. The summed E-state index contributed by atoms with van der Waals surface area (Å²) in [6.45, 7) is 5.86. The zero-order valence-corrected chi connectivity index (χ0v) is 21.1. The van der Waals surface area contributed by atoms with E-state index in [9.17, 15) is 19.5 Å². The Balaban J connectivity index is 2.11. The largest absolute Gasteiger partial charge is 0.478 e. The lowest BCUT2D eigenvalue weighted by atomic mass is 10.0. The Morgan fingerprint density at radius 1 is 1.00 bits per heavy atom. The van der Waals surface area contributed by atoms with Gasteiger partial charge in [-0.1, -0.05) is 57.0 Å². The molecule has 0 unspecified atom stereocenters. The fraction of sp³-hybridized carbons (Fsp3) is 0.357. The number of carbonyl (C=O) groups is 3. The number of carboxylic acids is 1. The van der Waals surface area contributed by atoms with Crippen LogP contribution in [0.1, 0.15) is 76.3 Å². The number of carbonyl (C=O) groups excluding carboxylic acids is 2. The summed E-state index contributed by atoms with van der Waals surface area (Å²) < 4.78 is 6.53. The van der Waals surface area contributed by atoms with Gasteiger partial charge in [-0.2, -0.15) is 0 Å². The molecule has 3 aromatic rings. The summed E-state index contributed by atoms with van der Waals surface area (Å²) in [6, 6.07) is 14.0. The Kier molecular flexibility index (Phi) is 9.39. The molecular formula is C28H33N3O5. The number of esters is 1. The summed E-state index contributed by atoms with van der Waals surface area (Å²) >= 11 is 0. The van der Waals surface area contributed by atoms with Crippen molar-refractivity contribution >= 4 is 17.8 Å². The first kappa shape index (κ1) is 26.7. The van der Waals surface area contributed by atoms with Gasteiger partial charge in [-0.25, -0.2) is 14.6 Å². The third-order valence-electron chi connectivity index (χ3n) is 5.95. The molecule has 8 heteroatoms. The lowest BCUT2D eigenvalue weighted by Gasteiger charge is -2.21. The van der Waals surface area contributed by atoms with Crippen molar-refractivity contribution in [2.24, 2.45) is 0 Å². The molecule has 1 heterocycles. The normalized spacial score (nSPS) is 10.8. The topological polar surface area (TPSA) is 102 Å². The number of hydrogen-bond acceptors (Lipinski definition) is 5. The highest BCUT2D eigenvalue weighted by Crippen LogP contribution is 2.27. The van der Waals surface area contributed by atoms with E-state index in [-0.39, 0.29) is 22.7 Å². The predicted molar refractivity (Wildman–Crippen MR) is 137 cm³/mol. The van der Waals surface area contributed by atoms with E-state index in [2.05, 4.69) is 18.8 Å². The van der Waals surface area contributed by atoms with Gasteiger partial charge < -0.3 is 19.3 Å². The molecule has 0 aliphatic rings. The van der Waals surface area contributed by atoms with Crippen molar-refractivity contribution < 1.29 is 24.2 Å².